The van der Waals surface area contributed by atoms with Crippen LogP contribution in [-0.4, -0.2) is 38.1 Å². The molecule has 3 aromatic carbocycles. The summed E-state index contributed by atoms with van der Waals surface area (Å²) in [6.45, 7) is 4.31. The number of hydrogen-bond donors (Lipinski definition) is 0. The molecule has 1 saturated heterocycles. The van der Waals surface area contributed by atoms with Gasteiger partial charge in [-0.3, -0.25) is 0 Å². The zero-order chi connectivity index (χ0) is 23.5. The summed E-state index contributed by atoms with van der Waals surface area (Å²) in [6.07, 6.45) is 8.27. The molecule has 0 amide bonds. The van der Waals surface area contributed by atoms with Crippen LogP contribution >= 0.6 is 23.2 Å². The quantitative estimate of drug-likeness (QED) is 0.335. The van der Waals surface area contributed by atoms with Crippen LogP contribution in [0.1, 0.15) is 41.9 Å². The molecular weight excluding hydrogens is 459 g/mol. The van der Waals surface area contributed by atoms with Crippen LogP contribution in [0.5, 0.6) is 0 Å². The number of rotatable bonds is 7. The zero-order valence-electron chi connectivity index (χ0n) is 19.8. The molecule has 0 radical (unpaired) electrons. The van der Waals surface area contributed by atoms with Crippen LogP contribution in [0.4, 0.5) is 5.69 Å². The Labute approximate surface area is 213 Å². The molecule has 1 atom stereocenters. The van der Waals surface area contributed by atoms with Gasteiger partial charge in [-0.2, -0.15) is 0 Å². The van der Waals surface area contributed by atoms with Crippen LogP contribution in [0.2, 0.25) is 10.0 Å². The number of benzene rings is 3. The third-order valence-electron chi connectivity index (χ3n) is 7.73. The van der Waals surface area contributed by atoms with Crippen LogP contribution in [-0.2, 0) is 5.41 Å². The minimum absolute atomic E-state index is 0.240. The maximum Gasteiger partial charge on any atom is 0.0595 e. The molecule has 0 aromatic heterocycles. The molecule has 2 nitrogen and oxygen atoms in total. The number of likely N-dealkylation sites (tertiary alicyclic amines) is 1. The molecule has 176 valence electrons. The molecule has 1 spiro atoms. The van der Waals surface area contributed by atoms with Crippen LogP contribution in [0.25, 0.3) is 6.08 Å². The van der Waals surface area contributed by atoms with Crippen molar-refractivity contribution in [3.63, 3.8) is 0 Å². The molecule has 3 aromatic rings. The normalized spacial score (nSPS) is 17.6. The second-order valence-corrected chi connectivity index (χ2v) is 10.6. The Bertz CT molecular complexity index is 1150. The van der Waals surface area contributed by atoms with Gasteiger partial charge >= 0.3 is 0 Å². The van der Waals surface area contributed by atoms with Gasteiger partial charge in [0.05, 0.1) is 10.0 Å². The number of nitrogens with zero attached hydrogens (tertiary/aromatic N) is 2. The highest BCUT2D eigenvalue weighted by Gasteiger charge is 2.37. The summed E-state index contributed by atoms with van der Waals surface area (Å²) in [4.78, 5) is 4.99. The first-order chi connectivity index (χ1) is 16.5. The zero-order valence-corrected chi connectivity index (χ0v) is 21.3. The number of hydrogen-bond acceptors (Lipinski definition) is 2. The molecule has 4 heteroatoms. The maximum absolute atomic E-state index is 6.41. The Morgan fingerprint density at radius 3 is 2.41 bits per heavy atom. The number of allylic oxidation sites excluding steroid dienone is 1. The number of piperidine rings is 1. The minimum Gasteiger partial charge on any atom is -0.374 e. The highest BCUT2D eigenvalue weighted by molar-refractivity contribution is 6.42. The number of fused-ring (bicyclic) bond motifs is 2. The molecule has 1 fully saturated rings. The summed E-state index contributed by atoms with van der Waals surface area (Å²) < 4.78 is 0. The average molecular weight is 492 g/mol. The number of halogens is 2. The summed E-state index contributed by atoms with van der Waals surface area (Å²) in [5.74, 6) is 0.378. The fourth-order valence-corrected chi connectivity index (χ4v) is 5.94. The van der Waals surface area contributed by atoms with Crippen molar-refractivity contribution in [3.05, 3.63) is 106 Å². The first kappa shape index (κ1) is 23.5. The van der Waals surface area contributed by atoms with Gasteiger partial charge < -0.3 is 9.80 Å². The summed E-state index contributed by atoms with van der Waals surface area (Å²) in [5.41, 5.74) is 5.66. The van der Waals surface area contributed by atoms with E-state index in [9.17, 15) is 0 Å². The fraction of sp³-hybridized carbons (Fsp3) is 0.333. The molecule has 1 aliphatic heterocycles. The summed E-state index contributed by atoms with van der Waals surface area (Å²) in [6, 6.07) is 25.6. The van der Waals surface area contributed by atoms with Crippen molar-refractivity contribution < 1.29 is 0 Å². The predicted octanol–water partition coefficient (Wildman–Crippen LogP) is 7.66. The summed E-state index contributed by atoms with van der Waals surface area (Å²) in [5, 5.41) is 1.25. The smallest absolute Gasteiger partial charge is 0.0595 e. The second-order valence-electron chi connectivity index (χ2n) is 9.79. The van der Waals surface area contributed by atoms with Gasteiger partial charge in [-0.25, -0.2) is 0 Å². The Hall–Kier alpha value is -2.26. The van der Waals surface area contributed by atoms with Gasteiger partial charge in [0.2, 0.25) is 0 Å². The molecule has 1 aliphatic carbocycles. The van der Waals surface area contributed by atoms with E-state index >= 15 is 0 Å². The standard InChI is InChI=1S/C30H32Cl2N2/c1-33(26-8-3-2-4-9-26)22-25(24-11-12-28(31)29(32)21-24)14-18-34-19-16-30(17-20-34)15-13-23-7-5-6-10-27(23)30/h2-13,15,21,25H,14,16-20,22H2,1H3/t25-/m1/s1. The average Bonchev–Trinajstić information content (AvgIpc) is 3.23. The third-order valence-corrected chi connectivity index (χ3v) is 8.47. The molecule has 0 unspecified atom stereocenters. The van der Waals surface area contributed by atoms with Gasteiger partial charge in [-0.1, -0.05) is 83.9 Å². The first-order valence-corrected chi connectivity index (χ1v) is 13.0. The van der Waals surface area contributed by atoms with E-state index < -0.39 is 0 Å². The Kier molecular flexibility index (Phi) is 7.01. The second kappa shape index (κ2) is 10.2. The highest BCUT2D eigenvalue weighted by atomic mass is 35.5. The van der Waals surface area contributed by atoms with Crippen LogP contribution in [0.3, 0.4) is 0 Å². The molecule has 0 saturated carbocycles. The van der Waals surface area contributed by atoms with E-state index in [1.54, 1.807) is 0 Å². The molecule has 34 heavy (non-hydrogen) atoms. The van der Waals surface area contributed by atoms with Crippen molar-refractivity contribution in [2.75, 3.05) is 38.1 Å². The lowest BCUT2D eigenvalue weighted by atomic mass is 9.74. The van der Waals surface area contributed by atoms with Gasteiger partial charge in [0.15, 0.2) is 0 Å². The van der Waals surface area contributed by atoms with E-state index in [4.69, 9.17) is 23.2 Å². The Morgan fingerprint density at radius 2 is 1.65 bits per heavy atom. The van der Waals surface area contributed by atoms with Crippen LogP contribution in [0, 0.1) is 0 Å². The fourth-order valence-electron chi connectivity index (χ4n) is 5.63. The van der Waals surface area contributed by atoms with Crippen molar-refractivity contribution in [3.8, 4) is 0 Å². The largest absolute Gasteiger partial charge is 0.374 e. The van der Waals surface area contributed by atoms with E-state index in [0.29, 0.717) is 16.0 Å². The van der Waals surface area contributed by atoms with Gasteiger partial charge in [0.25, 0.3) is 0 Å². The monoisotopic (exact) mass is 490 g/mol. The van der Waals surface area contributed by atoms with Gasteiger partial charge in [-0.15, -0.1) is 0 Å². The van der Waals surface area contributed by atoms with E-state index in [1.165, 1.54) is 35.2 Å². The molecule has 0 bridgehead atoms. The van der Waals surface area contributed by atoms with E-state index in [-0.39, 0.29) is 5.41 Å². The number of anilines is 1. The lowest BCUT2D eigenvalue weighted by molar-refractivity contribution is 0.179. The summed E-state index contributed by atoms with van der Waals surface area (Å²) >= 11 is 12.6. The minimum atomic E-state index is 0.240. The van der Waals surface area contributed by atoms with Crippen molar-refractivity contribution in [2.45, 2.75) is 30.6 Å². The van der Waals surface area contributed by atoms with E-state index in [2.05, 4.69) is 95.7 Å². The van der Waals surface area contributed by atoms with Gasteiger partial charge in [0, 0.05) is 30.6 Å². The van der Waals surface area contributed by atoms with Crippen molar-refractivity contribution in [1.82, 2.24) is 4.90 Å². The van der Waals surface area contributed by atoms with E-state index in [0.717, 1.165) is 32.6 Å². The predicted molar refractivity (Wildman–Crippen MR) is 146 cm³/mol. The molecule has 0 N–H and O–H groups in total. The number of para-hydroxylation sites is 1. The highest BCUT2D eigenvalue weighted by Crippen LogP contribution is 2.43. The topological polar surface area (TPSA) is 6.48 Å². The van der Waals surface area contributed by atoms with Crippen LogP contribution in [0.15, 0.2) is 78.9 Å². The van der Waals surface area contributed by atoms with Gasteiger partial charge in [-0.05, 0) is 79.9 Å². The number of likely N-dealkylation sites (N-methyl/N-ethyl adjacent to an activating group) is 1. The third kappa shape index (κ3) is 4.91. The Balaban J connectivity index is 1.26. The molecule has 5 rings (SSSR count). The molecular formula is C30H32Cl2N2. The summed E-state index contributed by atoms with van der Waals surface area (Å²) in [7, 11) is 2.17. The van der Waals surface area contributed by atoms with Crippen molar-refractivity contribution in [2.24, 2.45) is 0 Å². The SMILES string of the molecule is CN(C[C@@H](CCN1CCC2(C=Cc3ccccc32)CC1)c1ccc(Cl)c(Cl)c1)c1ccccc1. The molecule has 1 heterocycles. The van der Waals surface area contributed by atoms with Crippen molar-refractivity contribution >= 4 is 35.0 Å². The lowest BCUT2D eigenvalue weighted by Crippen LogP contribution is -2.42. The molecule has 2 aliphatic rings. The first-order valence-electron chi connectivity index (χ1n) is 12.3. The lowest BCUT2D eigenvalue weighted by Gasteiger charge is -2.40. The Morgan fingerprint density at radius 1 is 0.912 bits per heavy atom. The maximum atomic E-state index is 6.41. The van der Waals surface area contributed by atoms with Gasteiger partial charge in [0.1, 0.15) is 0 Å². The van der Waals surface area contributed by atoms with Crippen molar-refractivity contribution in [1.29, 1.82) is 0 Å². The van der Waals surface area contributed by atoms with E-state index in [1.807, 2.05) is 6.07 Å². The van der Waals surface area contributed by atoms with Crippen LogP contribution < -0.4 is 4.90 Å².